The number of hydrogen-bond acceptors (Lipinski definition) is 9. The second-order valence-corrected chi connectivity index (χ2v) is 9.49. The van der Waals surface area contributed by atoms with Crippen molar-refractivity contribution in [3.05, 3.63) is 24.3 Å². The Morgan fingerprint density at radius 1 is 1.10 bits per heavy atom. The van der Waals surface area contributed by atoms with Gasteiger partial charge in [-0.2, -0.15) is 0 Å². The fourth-order valence-electron chi connectivity index (χ4n) is 2.33. The van der Waals surface area contributed by atoms with Gasteiger partial charge in [-0.25, -0.2) is 0 Å². The molecular formula is C18H22N4O4S3. The number of hydrogen-bond donors (Lipinski definition) is 2. The number of nitrogens with one attached hydrogen (secondary N) is 2. The molecular weight excluding hydrogens is 432 g/mol. The topological polar surface area (TPSA) is 102 Å². The minimum atomic E-state index is -0.220. The predicted octanol–water partition coefficient (Wildman–Crippen LogP) is 2.20. The Balaban J connectivity index is 1.34. The van der Waals surface area contributed by atoms with Gasteiger partial charge in [0.15, 0.2) is 20.2 Å². The highest BCUT2D eigenvalue weighted by Gasteiger charge is 2.21. The standard InChI is InChI=1S/C18H22N4O4S3/c1-2-7-19-15(23)10-27-17-21-22-18(29-17)28-11-16(24)20-8-12-9-25-13-5-3-4-6-14(13)26-12/h3-6,12H,2,7-11H2,1H3,(H,19,23)(H,20,24)/t12-/m1/s1. The van der Waals surface area contributed by atoms with Crippen molar-refractivity contribution >= 4 is 46.7 Å². The van der Waals surface area contributed by atoms with Crippen molar-refractivity contribution in [3.8, 4) is 11.5 Å². The first kappa shape index (κ1) is 21.7. The zero-order chi connectivity index (χ0) is 20.5. The fraction of sp³-hybridized carbons (Fsp3) is 0.444. The van der Waals surface area contributed by atoms with Crippen LogP contribution in [0.25, 0.3) is 0 Å². The van der Waals surface area contributed by atoms with Gasteiger partial charge in [-0.15, -0.1) is 10.2 Å². The van der Waals surface area contributed by atoms with Crippen LogP contribution >= 0.6 is 34.9 Å². The van der Waals surface area contributed by atoms with E-state index in [4.69, 9.17) is 9.47 Å². The summed E-state index contributed by atoms with van der Waals surface area (Å²) in [6.07, 6.45) is 0.688. The smallest absolute Gasteiger partial charge is 0.230 e. The molecule has 29 heavy (non-hydrogen) atoms. The maximum absolute atomic E-state index is 12.1. The second-order valence-electron chi connectivity index (χ2n) is 6.06. The van der Waals surface area contributed by atoms with E-state index < -0.39 is 0 Å². The third-order valence-electron chi connectivity index (χ3n) is 3.71. The summed E-state index contributed by atoms with van der Waals surface area (Å²) in [6.45, 7) is 3.45. The molecule has 1 aliphatic heterocycles. The van der Waals surface area contributed by atoms with E-state index in [0.717, 1.165) is 12.2 Å². The molecule has 2 heterocycles. The van der Waals surface area contributed by atoms with Crippen LogP contribution in [0.3, 0.4) is 0 Å². The maximum atomic E-state index is 12.1. The number of nitrogens with zero attached hydrogens (tertiary/aromatic N) is 2. The Kier molecular flexibility index (Phi) is 8.44. The molecule has 1 aromatic carbocycles. The molecule has 11 heteroatoms. The third kappa shape index (κ3) is 7.09. The highest BCUT2D eigenvalue weighted by atomic mass is 32.2. The van der Waals surface area contributed by atoms with Crippen molar-refractivity contribution in [1.82, 2.24) is 20.8 Å². The molecule has 0 saturated carbocycles. The zero-order valence-electron chi connectivity index (χ0n) is 15.9. The summed E-state index contributed by atoms with van der Waals surface area (Å²) in [4.78, 5) is 23.7. The Labute approximate surface area is 181 Å². The van der Waals surface area contributed by atoms with Crippen molar-refractivity contribution in [2.24, 2.45) is 0 Å². The average molecular weight is 455 g/mol. The van der Waals surface area contributed by atoms with Crippen LogP contribution in [0.15, 0.2) is 32.9 Å². The summed E-state index contributed by atoms with van der Waals surface area (Å²) in [6, 6.07) is 7.47. The molecule has 0 radical (unpaired) electrons. The van der Waals surface area contributed by atoms with E-state index in [2.05, 4.69) is 20.8 Å². The first-order valence-electron chi connectivity index (χ1n) is 9.15. The fourth-order valence-corrected chi connectivity index (χ4v) is 5.01. The molecule has 0 spiro atoms. The monoisotopic (exact) mass is 454 g/mol. The molecule has 0 bridgehead atoms. The first-order valence-corrected chi connectivity index (χ1v) is 11.9. The van der Waals surface area contributed by atoms with Gasteiger partial charge in [-0.1, -0.05) is 53.9 Å². The van der Waals surface area contributed by atoms with Gasteiger partial charge in [0.05, 0.1) is 18.1 Å². The number of ether oxygens (including phenoxy) is 2. The van der Waals surface area contributed by atoms with Gasteiger partial charge in [-0.05, 0) is 18.6 Å². The van der Waals surface area contributed by atoms with Crippen molar-refractivity contribution in [2.45, 2.75) is 28.1 Å². The minimum Gasteiger partial charge on any atom is -0.486 e. The number of para-hydroxylation sites is 2. The molecule has 1 aromatic heterocycles. The quantitative estimate of drug-likeness (QED) is 0.527. The number of carbonyl (C=O) groups excluding carboxylic acids is 2. The Morgan fingerprint density at radius 2 is 1.76 bits per heavy atom. The van der Waals surface area contributed by atoms with E-state index in [-0.39, 0.29) is 23.7 Å². The van der Waals surface area contributed by atoms with Crippen molar-refractivity contribution in [1.29, 1.82) is 0 Å². The lowest BCUT2D eigenvalue weighted by molar-refractivity contribution is -0.119. The lowest BCUT2D eigenvalue weighted by Gasteiger charge is -2.26. The molecule has 8 nitrogen and oxygen atoms in total. The normalized spacial score (nSPS) is 15.0. The number of benzene rings is 1. The summed E-state index contributed by atoms with van der Waals surface area (Å²) in [5.74, 6) is 1.83. The average Bonchev–Trinajstić information content (AvgIpc) is 3.21. The molecule has 2 amide bonds. The molecule has 3 rings (SSSR count). The highest BCUT2D eigenvalue weighted by molar-refractivity contribution is 8.03. The number of aromatic nitrogens is 2. The van der Waals surface area contributed by atoms with Crippen LogP contribution in [0.4, 0.5) is 0 Å². The first-order chi connectivity index (χ1) is 14.1. The second kappa shape index (κ2) is 11.3. The van der Waals surface area contributed by atoms with Crippen LogP contribution < -0.4 is 20.1 Å². The van der Waals surface area contributed by atoms with Gasteiger partial charge in [-0.3, -0.25) is 9.59 Å². The van der Waals surface area contributed by atoms with Gasteiger partial charge in [0.2, 0.25) is 11.8 Å². The molecule has 2 N–H and O–H groups in total. The van der Waals surface area contributed by atoms with Crippen LogP contribution in [0.1, 0.15) is 13.3 Å². The lowest BCUT2D eigenvalue weighted by Crippen LogP contribution is -2.41. The summed E-state index contributed by atoms with van der Waals surface area (Å²) in [5.41, 5.74) is 0. The largest absolute Gasteiger partial charge is 0.486 e. The molecule has 1 aliphatic rings. The van der Waals surface area contributed by atoms with Crippen LogP contribution in [0, 0.1) is 0 Å². The molecule has 0 aliphatic carbocycles. The summed E-state index contributed by atoms with van der Waals surface area (Å²) < 4.78 is 12.9. The Morgan fingerprint density at radius 3 is 2.45 bits per heavy atom. The molecule has 2 aromatic rings. The van der Waals surface area contributed by atoms with Crippen molar-refractivity contribution in [2.75, 3.05) is 31.2 Å². The van der Waals surface area contributed by atoms with Crippen molar-refractivity contribution < 1.29 is 19.1 Å². The van der Waals surface area contributed by atoms with E-state index >= 15 is 0 Å². The van der Waals surface area contributed by atoms with Gasteiger partial charge < -0.3 is 20.1 Å². The lowest BCUT2D eigenvalue weighted by atomic mass is 10.2. The predicted molar refractivity (Wildman–Crippen MR) is 114 cm³/mol. The van der Waals surface area contributed by atoms with Crippen LogP contribution in [0.5, 0.6) is 11.5 Å². The summed E-state index contributed by atoms with van der Waals surface area (Å²) in [5, 5.41) is 13.8. The molecule has 1 atom stereocenters. The van der Waals surface area contributed by atoms with E-state index in [1.807, 2.05) is 31.2 Å². The molecule has 0 fully saturated rings. The molecule has 0 unspecified atom stereocenters. The van der Waals surface area contributed by atoms with E-state index in [1.165, 1.54) is 34.9 Å². The Hall–Kier alpha value is -1.98. The number of fused-ring (bicyclic) bond motifs is 1. The van der Waals surface area contributed by atoms with Crippen LogP contribution in [-0.4, -0.2) is 59.3 Å². The molecule has 156 valence electrons. The summed E-state index contributed by atoms with van der Waals surface area (Å²) in [7, 11) is 0. The number of carbonyl (C=O) groups is 2. The van der Waals surface area contributed by atoms with E-state index in [0.29, 0.717) is 39.9 Å². The van der Waals surface area contributed by atoms with Gasteiger partial charge in [0.1, 0.15) is 12.7 Å². The van der Waals surface area contributed by atoms with Gasteiger partial charge in [0, 0.05) is 6.54 Å². The van der Waals surface area contributed by atoms with Crippen LogP contribution in [0.2, 0.25) is 0 Å². The Bertz CT molecular complexity index is 833. The number of thioether (sulfide) groups is 2. The van der Waals surface area contributed by atoms with Crippen LogP contribution in [-0.2, 0) is 9.59 Å². The van der Waals surface area contributed by atoms with E-state index in [9.17, 15) is 9.59 Å². The zero-order valence-corrected chi connectivity index (χ0v) is 18.3. The maximum Gasteiger partial charge on any atom is 0.230 e. The number of amides is 2. The molecule has 0 saturated heterocycles. The SMILES string of the molecule is CCCNC(=O)CSc1nnc(SCC(=O)NC[C@@H]2COc3ccccc3O2)s1. The summed E-state index contributed by atoms with van der Waals surface area (Å²) >= 11 is 4.04. The van der Waals surface area contributed by atoms with E-state index in [1.54, 1.807) is 0 Å². The third-order valence-corrected chi connectivity index (χ3v) is 6.90. The number of rotatable bonds is 10. The minimum absolute atomic E-state index is 0.0165. The highest BCUT2D eigenvalue weighted by Crippen LogP contribution is 2.31. The van der Waals surface area contributed by atoms with Gasteiger partial charge >= 0.3 is 0 Å². The van der Waals surface area contributed by atoms with Gasteiger partial charge in [0.25, 0.3) is 0 Å². The van der Waals surface area contributed by atoms with Crippen molar-refractivity contribution in [3.63, 3.8) is 0 Å².